The van der Waals surface area contributed by atoms with Gasteiger partial charge in [0.2, 0.25) is 0 Å². The van der Waals surface area contributed by atoms with Crippen LogP contribution >= 0.6 is 23.2 Å². The highest BCUT2D eigenvalue weighted by molar-refractivity contribution is 6.35. The van der Waals surface area contributed by atoms with E-state index < -0.39 is 12.0 Å². The molecule has 0 bridgehead atoms. The van der Waals surface area contributed by atoms with Crippen LogP contribution in [-0.2, 0) is 5.54 Å². The molecule has 6 heteroatoms. The summed E-state index contributed by atoms with van der Waals surface area (Å²) >= 11 is 11.6. The summed E-state index contributed by atoms with van der Waals surface area (Å²) in [6, 6.07) is 2.74. The van der Waals surface area contributed by atoms with Gasteiger partial charge in [-0.1, -0.05) is 23.2 Å². The van der Waals surface area contributed by atoms with Crippen LogP contribution in [0.15, 0.2) is 12.1 Å². The fourth-order valence-corrected chi connectivity index (χ4v) is 1.86. The minimum atomic E-state index is -2.75. The van der Waals surface area contributed by atoms with Gasteiger partial charge in [0, 0.05) is 10.6 Å². The summed E-state index contributed by atoms with van der Waals surface area (Å²) < 4.78 is 30.6. The summed E-state index contributed by atoms with van der Waals surface area (Å²) in [5, 5.41) is 0.389. The topological polar surface area (TPSA) is 35.2 Å². The first-order valence-electron chi connectivity index (χ1n) is 4.41. The maximum atomic E-state index is 12.8. The highest BCUT2D eigenvalue weighted by Gasteiger charge is 2.36. The normalized spacial score (nSPS) is 15.0. The van der Waals surface area contributed by atoms with Crippen molar-refractivity contribution in [2.75, 3.05) is 7.11 Å². The van der Waals surface area contributed by atoms with Crippen molar-refractivity contribution in [2.24, 2.45) is 5.73 Å². The van der Waals surface area contributed by atoms with Gasteiger partial charge in [-0.25, -0.2) is 8.78 Å². The zero-order valence-corrected chi connectivity index (χ0v) is 10.2. The third-order valence-corrected chi connectivity index (χ3v) is 2.75. The monoisotopic (exact) mass is 269 g/mol. The largest absolute Gasteiger partial charge is 0.495 e. The summed E-state index contributed by atoms with van der Waals surface area (Å²) in [6.45, 7) is 1.20. The molecule has 0 aromatic heterocycles. The van der Waals surface area contributed by atoms with Crippen LogP contribution in [0.3, 0.4) is 0 Å². The molecule has 0 saturated carbocycles. The van der Waals surface area contributed by atoms with E-state index in [-0.39, 0.29) is 21.4 Å². The van der Waals surface area contributed by atoms with Crippen molar-refractivity contribution in [3.63, 3.8) is 0 Å². The summed E-state index contributed by atoms with van der Waals surface area (Å²) in [5.41, 5.74) is 3.77. The molecule has 2 nitrogen and oxygen atoms in total. The van der Waals surface area contributed by atoms with E-state index in [1.54, 1.807) is 0 Å². The summed E-state index contributed by atoms with van der Waals surface area (Å²) in [5.74, 6) is 0.122. The van der Waals surface area contributed by atoms with Crippen LogP contribution in [0.2, 0.25) is 10.0 Å². The minimum absolute atomic E-state index is 0.0856. The van der Waals surface area contributed by atoms with Crippen molar-refractivity contribution < 1.29 is 13.5 Å². The average Bonchev–Trinajstić information content (AvgIpc) is 2.16. The van der Waals surface area contributed by atoms with E-state index in [4.69, 9.17) is 33.7 Å². The van der Waals surface area contributed by atoms with Gasteiger partial charge in [-0.05, 0) is 19.1 Å². The zero-order chi connectivity index (χ0) is 12.5. The van der Waals surface area contributed by atoms with E-state index in [2.05, 4.69) is 0 Å². The lowest BCUT2D eigenvalue weighted by Gasteiger charge is -2.26. The molecule has 1 aromatic rings. The SMILES string of the molecule is COc1c(Cl)cc(Cl)cc1C(C)(N)C(F)F. The number of alkyl halides is 2. The maximum Gasteiger partial charge on any atom is 0.260 e. The standard InChI is InChI=1S/C10H11Cl2F2NO/c1-10(15,9(13)14)6-3-5(11)4-7(12)8(6)16-2/h3-4,9H,15H2,1-2H3. The van der Waals surface area contributed by atoms with Gasteiger partial charge in [0.1, 0.15) is 11.3 Å². The summed E-state index contributed by atoms with van der Waals surface area (Å²) in [4.78, 5) is 0. The van der Waals surface area contributed by atoms with Gasteiger partial charge in [0.25, 0.3) is 6.43 Å². The van der Waals surface area contributed by atoms with Gasteiger partial charge in [-0.15, -0.1) is 0 Å². The van der Waals surface area contributed by atoms with E-state index >= 15 is 0 Å². The zero-order valence-electron chi connectivity index (χ0n) is 8.73. The molecule has 2 N–H and O–H groups in total. The minimum Gasteiger partial charge on any atom is -0.495 e. The van der Waals surface area contributed by atoms with Crippen LogP contribution in [0, 0.1) is 0 Å². The Labute approximate surface area is 102 Å². The lowest BCUT2D eigenvalue weighted by Crippen LogP contribution is -2.41. The molecular weight excluding hydrogens is 259 g/mol. The Kier molecular flexibility index (Phi) is 3.99. The highest BCUT2D eigenvalue weighted by Crippen LogP contribution is 2.39. The number of nitrogens with two attached hydrogens (primary N) is 1. The van der Waals surface area contributed by atoms with Gasteiger partial charge in [0.15, 0.2) is 0 Å². The highest BCUT2D eigenvalue weighted by atomic mass is 35.5. The van der Waals surface area contributed by atoms with Gasteiger partial charge < -0.3 is 10.5 Å². The van der Waals surface area contributed by atoms with Crippen molar-refractivity contribution in [3.05, 3.63) is 27.7 Å². The van der Waals surface area contributed by atoms with Crippen LogP contribution in [0.5, 0.6) is 5.75 Å². The lowest BCUT2D eigenvalue weighted by molar-refractivity contribution is 0.0611. The summed E-state index contributed by atoms with van der Waals surface area (Å²) in [6.07, 6.45) is -2.75. The second-order valence-corrected chi connectivity index (χ2v) is 4.40. The predicted molar refractivity (Wildman–Crippen MR) is 60.6 cm³/mol. The van der Waals surface area contributed by atoms with Crippen molar-refractivity contribution in [2.45, 2.75) is 18.9 Å². The molecule has 0 aliphatic rings. The Bertz CT molecular complexity index is 397. The molecule has 0 spiro atoms. The summed E-state index contributed by atoms with van der Waals surface area (Å²) in [7, 11) is 1.33. The molecule has 1 atom stereocenters. The smallest absolute Gasteiger partial charge is 0.260 e. The predicted octanol–water partition coefficient (Wildman–Crippen LogP) is 3.44. The first kappa shape index (κ1) is 13.5. The van der Waals surface area contributed by atoms with Crippen LogP contribution in [0.1, 0.15) is 12.5 Å². The van der Waals surface area contributed by atoms with E-state index in [0.717, 1.165) is 0 Å². The quantitative estimate of drug-likeness (QED) is 0.913. The van der Waals surface area contributed by atoms with Crippen molar-refractivity contribution in [1.82, 2.24) is 0 Å². The Balaban J connectivity index is 3.42. The fraction of sp³-hybridized carbons (Fsp3) is 0.400. The van der Waals surface area contributed by atoms with E-state index in [1.807, 2.05) is 0 Å². The van der Waals surface area contributed by atoms with Crippen molar-refractivity contribution in [1.29, 1.82) is 0 Å². The first-order valence-corrected chi connectivity index (χ1v) is 5.16. The van der Waals surface area contributed by atoms with Crippen LogP contribution in [-0.4, -0.2) is 13.5 Å². The maximum absolute atomic E-state index is 12.8. The van der Waals surface area contributed by atoms with Crippen LogP contribution in [0.4, 0.5) is 8.78 Å². The number of methoxy groups -OCH3 is 1. The van der Waals surface area contributed by atoms with Crippen molar-refractivity contribution >= 4 is 23.2 Å². The number of hydrogen-bond acceptors (Lipinski definition) is 2. The molecule has 0 aliphatic carbocycles. The molecule has 0 aliphatic heterocycles. The Morgan fingerprint density at radius 2 is 1.94 bits per heavy atom. The Hall–Kier alpha value is -0.580. The average molecular weight is 270 g/mol. The second kappa shape index (κ2) is 4.73. The number of rotatable bonds is 3. The van der Waals surface area contributed by atoms with Crippen LogP contribution in [0.25, 0.3) is 0 Å². The molecule has 1 aromatic carbocycles. The molecular formula is C10H11Cl2F2NO. The Morgan fingerprint density at radius 3 is 2.38 bits per heavy atom. The van der Waals surface area contributed by atoms with Gasteiger partial charge in [-0.3, -0.25) is 0 Å². The molecule has 0 fully saturated rings. The van der Waals surface area contributed by atoms with Crippen LogP contribution < -0.4 is 10.5 Å². The molecule has 0 saturated heterocycles. The second-order valence-electron chi connectivity index (χ2n) is 3.55. The third-order valence-electron chi connectivity index (χ3n) is 2.25. The number of halogens is 4. The van der Waals surface area contributed by atoms with Gasteiger partial charge in [0.05, 0.1) is 12.1 Å². The molecule has 16 heavy (non-hydrogen) atoms. The first-order chi connectivity index (χ1) is 7.30. The van der Waals surface area contributed by atoms with E-state index in [9.17, 15) is 8.78 Å². The third kappa shape index (κ3) is 2.39. The number of hydrogen-bond donors (Lipinski definition) is 1. The molecule has 0 radical (unpaired) electrons. The Morgan fingerprint density at radius 1 is 1.38 bits per heavy atom. The van der Waals surface area contributed by atoms with Gasteiger partial charge >= 0.3 is 0 Å². The van der Waals surface area contributed by atoms with E-state index in [1.165, 1.54) is 26.2 Å². The molecule has 90 valence electrons. The molecule has 0 amide bonds. The molecule has 1 rings (SSSR count). The molecule has 1 unspecified atom stereocenters. The fourth-order valence-electron chi connectivity index (χ4n) is 1.29. The van der Waals surface area contributed by atoms with E-state index in [0.29, 0.717) is 0 Å². The van der Waals surface area contributed by atoms with Crippen molar-refractivity contribution in [3.8, 4) is 5.75 Å². The lowest BCUT2D eigenvalue weighted by atomic mass is 9.93. The number of benzene rings is 1. The van der Waals surface area contributed by atoms with Gasteiger partial charge in [-0.2, -0.15) is 0 Å². The number of ether oxygens (including phenoxy) is 1. The molecule has 0 heterocycles.